The van der Waals surface area contributed by atoms with E-state index in [9.17, 15) is 14.4 Å². The molecular weight excluding hydrogens is 382 g/mol. The van der Waals surface area contributed by atoms with Crippen LogP contribution < -0.4 is 15.8 Å². The fraction of sp³-hybridized carbons (Fsp3) is 0.545. The molecule has 0 aliphatic carbocycles. The first-order valence-electron chi connectivity index (χ1n) is 10.8. The second-order valence-electron chi connectivity index (χ2n) is 8.18. The van der Waals surface area contributed by atoms with Gasteiger partial charge in [0, 0.05) is 52.1 Å². The van der Waals surface area contributed by atoms with Crippen LogP contribution in [0.25, 0.3) is 11.0 Å². The molecule has 30 heavy (non-hydrogen) atoms. The van der Waals surface area contributed by atoms with Gasteiger partial charge in [0.2, 0.25) is 11.8 Å². The number of piperidine rings is 1. The minimum absolute atomic E-state index is 0.0426. The van der Waals surface area contributed by atoms with Gasteiger partial charge in [0.1, 0.15) is 0 Å². The van der Waals surface area contributed by atoms with E-state index in [0.29, 0.717) is 51.3 Å². The summed E-state index contributed by atoms with van der Waals surface area (Å²) in [5, 5.41) is 3.01. The molecular formula is C22H29N5O3. The Morgan fingerprint density at radius 1 is 1.17 bits per heavy atom. The molecule has 0 saturated carbocycles. The number of rotatable bonds is 6. The van der Waals surface area contributed by atoms with Gasteiger partial charge < -0.3 is 19.7 Å². The smallest absolute Gasteiger partial charge is 0.293 e. The number of hydrogen-bond donors (Lipinski definition) is 1. The third-order valence-corrected chi connectivity index (χ3v) is 6.21. The molecule has 160 valence electrons. The van der Waals surface area contributed by atoms with Crippen molar-refractivity contribution in [2.24, 2.45) is 13.0 Å². The molecule has 4 rings (SSSR count). The first kappa shape index (κ1) is 20.4. The zero-order valence-electron chi connectivity index (χ0n) is 17.5. The van der Waals surface area contributed by atoms with Crippen LogP contribution in [0.2, 0.25) is 0 Å². The van der Waals surface area contributed by atoms with Crippen molar-refractivity contribution in [2.45, 2.75) is 32.1 Å². The van der Waals surface area contributed by atoms with E-state index in [1.165, 1.54) is 0 Å². The van der Waals surface area contributed by atoms with E-state index in [1.807, 2.05) is 34.1 Å². The Morgan fingerprint density at radius 3 is 2.67 bits per heavy atom. The lowest BCUT2D eigenvalue weighted by Crippen LogP contribution is -2.43. The summed E-state index contributed by atoms with van der Waals surface area (Å²) < 4.78 is 1.64. The number of likely N-dealkylation sites (tertiary alicyclic amines) is 1. The Kier molecular flexibility index (Phi) is 6.01. The molecule has 2 saturated heterocycles. The van der Waals surface area contributed by atoms with Crippen molar-refractivity contribution in [1.29, 1.82) is 0 Å². The van der Waals surface area contributed by atoms with Crippen molar-refractivity contribution >= 4 is 28.7 Å². The van der Waals surface area contributed by atoms with Crippen LogP contribution in [-0.2, 0) is 16.6 Å². The summed E-state index contributed by atoms with van der Waals surface area (Å²) in [6, 6.07) is 7.62. The van der Waals surface area contributed by atoms with Crippen molar-refractivity contribution in [3.05, 3.63) is 34.6 Å². The molecule has 2 aromatic rings. The number of fused-ring (bicyclic) bond motifs is 1. The van der Waals surface area contributed by atoms with Crippen LogP contribution in [0.15, 0.2) is 29.1 Å². The fourth-order valence-electron chi connectivity index (χ4n) is 4.39. The molecule has 3 heterocycles. The molecule has 2 aliphatic heterocycles. The van der Waals surface area contributed by atoms with Crippen LogP contribution in [0.5, 0.6) is 0 Å². The summed E-state index contributed by atoms with van der Waals surface area (Å²) in [5.74, 6) is 0.716. The summed E-state index contributed by atoms with van der Waals surface area (Å²) in [5.41, 5.74) is 1.51. The molecule has 8 heteroatoms. The van der Waals surface area contributed by atoms with E-state index in [-0.39, 0.29) is 23.3 Å². The number of aryl methyl sites for hydroxylation is 1. The monoisotopic (exact) mass is 411 g/mol. The highest BCUT2D eigenvalue weighted by Gasteiger charge is 2.27. The lowest BCUT2D eigenvalue weighted by molar-refractivity contribution is -0.127. The summed E-state index contributed by atoms with van der Waals surface area (Å²) in [6.07, 6.45) is 3.79. The first-order chi connectivity index (χ1) is 14.5. The summed E-state index contributed by atoms with van der Waals surface area (Å²) >= 11 is 0. The summed E-state index contributed by atoms with van der Waals surface area (Å²) in [4.78, 5) is 45.3. The molecule has 0 atom stereocenters. The van der Waals surface area contributed by atoms with E-state index < -0.39 is 0 Å². The van der Waals surface area contributed by atoms with Crippen LogP contribution in [0.4, 0.5) is 5.82 Å². The van der Waals surface area contributed by atoms with Crippen molar-refractivity contribution in [3.63, 3.8) is 0 Å². The number of nitrogens with zero attached hydrogens (tertiary/aromatic N) is 4. The predicted octanol–water partition coefficient (Wildman–Crippen LogP) is 1.28. The number of hydrogen-bond acceptors (Lipinski definition) is 5. The van der Waals surface area contributed by atoms with Gasteiger partial charge in [-0.1, -0.05) is 12.1 Å². The quantitative estimate of drug-likeness (QED) is 0.724. The summed E-state index contributed by atoms with van der Waals surface area (Å²) in [7, 11) is 1.77. The van der Waals surface area contributed by atoms with E-state index in [4.69, 9.17) is 0 Å². The molecule has 0 unspecified atom stereocenters. The van der Waals surface area contributed by atoms with Crippen LogP contribution in [0, 0.1) is 5.92 Å². The molecule has 0 radical (unpaired) electrons. The Labute approximate surface area is 175 Å². The molecule has 0 spiro atoms. The number of para-hydroxylation sites is 2. The van der Waals surface area contributed by atoms with Gasteiger partial charge >= 0.3 is 0 Å². The Hall–Kier alpha value is -2.90. The number of carbonyl (C=O) groups is 2. The maximum absolute atomic E-state index is 12.8. The topological polar surface area (TPSA) is 87.5 Å². The molecule has 2 fully saturated rings. The molecule has 2 aliphatic rings. The zero-order valence-corrected chi connectivity index (χ0v) is 17.5. The minimum atomic E-state index is -0.104. The average Bonchev–Trinajstić information content (AvgIpc) is 3.18. The van der Waals surface area contributed by atoms with Gasteiger partial charge in [-0.15, -0.1) is 0 Å². The standard InChI is InChI=1S/C22H29N5O3/c1-25-18-7-3-2-6-17(18)24-20(22(25)30)27-14-9-16(10-15-27)21(29)23-11-5-13-26-12-4-8-19(26)28/h2-3,6-7,16H,4-5,8-15H2,1H3,(H,23,29). The van der Waals surface area contributed by atoms with Crippen molar-refractivity contribution in [3.8, 4) is 0 Å². The van der Waals surface area contributed by atoms with E-state index in [0.717, 1.165) is 30.4 Å². The highest BCUT2D eigenvalue weighted by atomic mass is 16.2. The van der Waals surface area contributed by atoms with Crippen molar-refractivity contribution < 1.29 is 9.59 Å². The minimum Gasteiger partial charge on any atom is -0.356 e. The third kappa shape index (κ3) is 4.17. The maximum atomic E-state index is 12.8. The highest BCUT2D eigenvalue weighted by Crippen LogP contribution is 2.21. The van der Waals surface area contributed by atoms with Gasteiger partial charge in [-0.3, -0.25) is 14.4 Å². The average molecular weight is 412 g/mol. The maximum Gasteiger partial charge on any atom is 0.293 e. The SMILES string of the molecule is Cn1c(=O)c(N2CCC(C(=O)NCCCN3CCCC3=O)CC2)nc2ccccc21. The molecule has 1 aromatic heterocycles. The zero-order chi connectivity index (χ0) is 21.1. The lowest BCUT2D eigenvalue weighted by Gasteiger charge is -2.32. The van der Waals surface area contributed by atoms with Crippen LogP contribution in [0.1, 0.15) is 32.1 Å². The fourth-order valence-corrected chi connectivity index (χ4v) is 4.39. The Bertz CT molecular complexity index is 994. The number of nitrogens with one attached hydrogen (secondary N) is 1. The number of benzene rings is 1. The molecule has 8 nitrogen and oxygen atoms in total. The van der Waals surface area contributed by atoms with Crippen molar-refractivity contribution in [1.82, 2.24) is 19.8 Å². The van der Waals surface area contributed by atoms with E-state index >= 15 is 0 Å². The van der Waals surface area contributed by atoms with Gasteiger partial charge in [-0.25, -0.2) is 4.98 Å². The number of aromatic nitrogens is 2. The largest absolute Gasteiger partial charge is 0.356 e. The van der Waals surface area contributed by atoms with Crippen LogP contribution in [0.3, 0.4) is 0 Å². The molecule has 2 amide bonds. The molecule has 1 N–H and O–H groups in total. The van der Waals surface area contributed by atoms with Gasteiger partial charge in [0.25, 0.3) is 5.56 Å². The first-order valence-corrected chi connectivity index (χ1v) is 10.8. The van der Waals surface area contributed by atoms with Gasteiger partial charge in [-0.05, 0) is 37.8 Å². The number of amides is 2. The lowest BCUT2D eigenvalue weighted by atomic mass is 9.96. The van der Waals surface area contributed by atoms with Gasteiger partial charge in [0.05, 0.1) is 11.0 Å². The van der Waals surface area contributed by atoms with E-state index in [2.05, 4.69) is 10.3 Å². The van der Waals surface area contributed by atoms with Gasteiger partial charge in [0.15, 0.2) is 5.82 Å². The van der Waals surface area contributed by atoms with Gasteiger partial charge in [-0.2, -0.15) is 0 Å². The second-order valence-corrected chi connectivity index (χ2v) is 8.18. The number of anilines is 1. The highest BCUT2D eigenvalue weighted by molar-refractivity contribution is 5.79. The molecule has 1 aromatic carbocycles. The Morgan fingerprint density at radius 2 is 1.93 bits per heavy atom. The normalized spacial score (nSPS) is 17.7. The second kappa shape index (κ2) is 8.85. The summed E-state index contributed by atoms with van der Waals surface area (Å²) in [6.45, 7) is 3.43. The molecule has 0 bridgehead atoms. The third-order valence-electron chi connectivity index (χ3n) is 6.21. The van der Waals surface area contributed by atoms with Crippen molar-refractivity contribution in [2.75, 3.05) is 37.6 Å². The predicted molar refractivity (Wildman–Crippen MR) is 115 cm³/mol. The van der Waals surface area contributed by atoms with Crippen LogP contribution in [-0.4, -0.2) is 59.0 Å². The number of carbonyl (C=O) groups excluding carboxylic acids is 2. The van der Waals surface area contributed by atoms with Crippen LogP contribution >= 0.6 is 0 Å². The Balaban J connectivity index is 1.29. The van der Waals surface area contributed by atoms with E-state index in [1.54, 1.807) is 11.6 Å².